The summed E-state index contributed by atoms with van der Waals surface area (Å²) in [6.45, 7) is 6.14. The van der Waals surface area contributed by atoms with Gasteiger partial charge in [0.05, 0.1) is 18.4 Å². The molecular weight excluding hydrogens is 246 g/mol. The molecule has 0 saturated heterocycles. The molecule has 0 aromatic carbocycles. The molecule has 5 heteroatoms. The minimum absolute atomic E-state index is 0.0192. The monoisotopic (exact) mass is 271 g/mol. The number of hydrogen-bond acceptors (Lipinski definition) is 3. The van der Waals surface area contributed by atoms with Crippen molar-refractivity contribution in [1.82, 2.24) is 4.90 Å². The van der Waals surface area contributed by atoms with E-state index in [0.717, 1.165) is 12.8 Å². The first-order valence-corrected chi connectivity index (χ1v) is 7.21. The van der Waals surface area contributed by atoms with Gasteiger partial charge in [-0.05, 0) is 26.7 Å². The average molecular weight is 271 g/mol. The predicted molar refractivity (Wildman–Crippen MR) is 71.8 cm³/mol. The number of aliphatic carboxylic acids is 1. The normalized spacial score (nSPS) is 23.1. The molecule has 1 N–H and O–H groups in total. The van der Waals surface area contributed by atoms with Crippen LogP contribution in [0.15, 0.2) is 0 Å². The largest absolute Gasteiger partial charge is 0.481 e. The van der Waals surface area contributed by atoms with Crippen molar-refractivity contribution in [3.63, 3.8) is 0 Å². The van der Waals surface area contributed by atoms with Crippen molar-refractivity contribution >= 4 is 11.9 Å². The Morgan fingerprint density at radius 3 is 2.37 bits per heavy atom. The molecular formula is C14H25NO4. The van der Waals surface area contributed by atoms with E-state index in [0.29, 0.717) is 39.1 Å². The first-order valence-electron chi connectivity index (χ1n) is 7.21. The van der Waals surface area contributed by atoms with Crippen LogP contribution in [-0.2, 0) is 14.3 Å². The lowest BCUT2D eigenvalue weighted by molar-refractivity contribution is -0.152. The van der Waals surface area contributed by atoms with Crippen LogP contribution < -0.4 is 0 Å². The van der Waals surface area contributed by atoms with Crippen LogP contribution in [0.1, 0.15) is 39.5 Å². The van der Waals surface area contributed by atoms with Gasteiger partial charge in [-0.25, -0.2) is 0 Å². The fraction of sp³-hybridized carbons (Fsp3) is 0.857. The van der Waals surface area contributed by atoms with E-state index in [1.165, 1.54) is 0 Å². The summed E-state index contributed by atoms with van der Waals surface area (Å²) in [5.41, 5.74) is 0. The smallest absolute Gasteiger partial charge is 0.307 e. The van der Waals surface area contributed by atoms with Crippen LogP contribution in [0.4, 0.5) is 0 Å². The molecule has 0 aliphatic heterocycles. The van der Waals surface area contributed by atoms with E-state index in [2.05, 4.69) is 0 Å². The second-order valence-corrected chi connectivity index (χ2v) is 4.95. The molecule has 0 heterocycles. The number of carbonyl (C=O) groups is 2. The van der Waals surface area contributed by atoms with Crippen LogP contribution in [0.25, 0.3) is 0 Å². The van der Waals surface area contributed by atoms with E-state index in [4.69, 9.17) is 4.74 Å². The fourth-order valence-corrected chi connectivity index (χ4v) is 2.70. The van der Waals surface area contributed by atoms with E-state index in [1.54, 1.807) is 4.90 Å². The van der Waals surface area contributed by atoms with Crippen LogP contribution in [0.2, 0.25) is 0 Å². The summed E-state index contributed by atoms with van der Waals surface area (Å²) in [6.07, 6.45) is 3.17. The van der Waals surface area contributed by atoms with Crippen molar-refractivity contribution < 1.29 is 19.4 Å². The minimum Gasteiger partial charge on any atom is -0.481 e. The molecule has 110 valence electrons. The number of hydrogen-bond donors (Lipinski definition) is 1. The molecule has 0 aromatic heterocycles. The molecule has 1 amide bonds. The third kappa shape index (κ3) is 4.49. The van der Waals surface area contributed by atoms with Gasteiger partial charge in [-0.3, -0.25) is 9.59 Å². The zero-order valence-corrected chi connectivity index (χ0v) is 11.9. The van der Waals surface area contributed by atoms with Gasteiger partial charge in [0.1, 0.15) is 0 Å². The molecule has 1 aliphatic rings. The van der Waals surface area contributed by atoms with Crippen molar-refractivity contribution in [2.75, 3.05) is 26.3 Å². The summed E-state index contributed by atoms with van der Waals surface area (Å²) in [5, 5.41) is 9.23. The van der Waals surface area contributed by atoms with Gasteiger partial charge >= 0.3 is 5.97 Å². The highest BCUT2D eigenvalue weighted by Gasteiger charge is 2.37. The quantitative estimate of drug-likeness (QED) is 0.716. The zero-order chi connectivity index (χ0) is 14.3. The predicted octanol–water partition coefficient (Wildman–Crippen LogP) is 1.76. The van der Waals surface area contributed by atoms with Gasteiger partial charge in [0.25, 0.3) is 0 Å². The Morgan fingerprint density at radius 2 is 1.84 bits per heavy atom. The summed E-state index contributed by atoms with van der Waals surface area (Å²) in [7, 11) is 0. The first-order chi connectivity index (χ1) is 9.11. The van der Waals surface area contributed by atoms with Gasteiger partial charge in [0.2, 0.25) is 5.91 Å². The molecule has 2 atom stereocenters. The summed E-state index contributed by atoms with van der Waals surface area (Å²) >= 11 is 0. The van der Waals surface area contributed by atoms with Crippen molar-refractivity contribution in [3.05, 3.63) is 0 Å². The highest BCUT2D eigenvalue weighted by Crippen LogP contribution is 2.31. The molecule has 0 spiro atoms. The Bertz CT molecular complexity index is 306. The Hall–Kier alpha value is -1.10. The van der Waals surface area contributed by atoms with Gasteiger partial charge in [-0.2, -0.15) is 0 Å². The summed E-state index contributed by atoms with van der Waals surface area (Å²) in [4.78, 5) is 25.4. The lowest BCUT2D eigenvalue weighted by Crippen LogP contribution is -2.43. The molecule has 0 unspecified atom stereocenters. The zero-order valence-electron chi connectivity index (χ0n) is 11.9. The van der Waals surface area contributed by atoms with Gasteiger partial charge in [-0.1, -0.05) is 12.8 Å². The minimum atomic E-state index is -0.834. The van der Waals surface area contributed by atoms with Crippen LogP contribution in [0, 0.1) is 11.8 Å². The molecule has 0 aromatic rings. The third-order valence-electron chi connectivity index (χ3n) is 3.80. The molecule has 1 fully saturated rings. The van der Waals surface area contributed by atoms with Crippen molar-refractivity contribution in [2.24, 2.45) is 11.8 Å². The van der Waals surface area contributed by atoms with Gasteiger partial charge in [0, 0.05) is 19.7 Å². The number of ether oxygens (including phenoxy) is 1. The lowest BCUT2D eigenvalue weighted by atomic mass is 9.78. The molecule has 0 radical (unpaired) electrons. The number of carbonyl (C=O) groups excluding carboxylic acids is 1. The number of carboxylic acids is 1. The highest BCUT2D eigenvalue weighted by atomic mass is 16.5. The van der Waals surface area contributed by atoms with Crippen LogP contribution in [0.3, 0.4) is 0 Å². The van der Waals surface area contributed by atoms with Crippen LogP contribution in [0.5, 0.6) is 0 Å². The Morgan fingerprint density at radius 1 is 1.21 bits per heavy atom. The van der Waals surface area contributed by atoms with Crippen molar-refractivity contribution in [1.29, 1.82) is 0 Å². The summed E-state index contributed by atoms with van der Waals surface area (Å²) in [6, 6.07) is 0. The first kappa shape index (κ1) is 16.0. The highest BCUT2D eigenvalue weighted by molar-refractivity contribution is 5.85. The van der Waals surface area contributed by atoms with E-state index >= 15 is 0 Å². The molecule has 5 nitrogen and oxygen atoms in total. The van der Waals surface area contributed by atoms with Crippen LogP contribution >= 0.6 is 0 Å². The number of amides is 1. The van der Waals surface area contributed by atoms with E-state index in [9.17, 15) is 14.7 Å². The van der Waals surface area contributed by atoms with Crippen LogP contribution in [-0.4, -0.2) is 48.2 Å². The van der Waals surface area contributed by atoms with E-state index in [1.807, 2.05) is 13.8 Å². The summed E-state index contributed by atoms with van der Waals surface area (Å²) < 4.78 is 5.27. The molecule has 0 bridgehead atoms. The number of nitrogens with zero attached hydrogens (tertiary/aromatic N) is 1. The summed E-state index contributed by atoms with van der Waals surface area (Å²) in [5.74, 6) is -1.72. The van der Waals surface area contributed by atoms with Gasteiger partial charge < -0.3 is 14.7 Å². The Kier molecular flexibility index (Phi) is 6.84. The maximum atomic E-state index is 12.4. The number of rotatable bonds is 7. The standard InChI is InChI=1S/C14H25NO4/c1-3-15(9-10-19-4-2)13(16)11-7-5-6-8-12(11)14(17)18/h11-12H,3-10H2,1-2H3,(H,17,18)/t11-,12+/m1/s1. The topological polar surface area (TPSA) is 66.8 Å². The van der Waals surface area contributed by atoms with Gasteiger partial charge in [-0.15, -0.1) is 0 Å². The van der Waals surface area contributed by atoms with Gasteiger partial charge in [0.15, 0.2) is 0 Å². The van der Waals surface area contributed by atoms with Crippen molar-refractivity contribution in [3.8, 4) is 0 Å². The average Bonchev–Trinajstić information content (AvgIpc) is 2.43. The number of likely N-dealkylation sites (N-methyl/N-ethyl adjacent to an activating group) is 1. The molecule has 1 aliphatic carbocycles. The lowest BCUT2D eigenvalue weighted by Gasteiger charge is -2.32. The maximum Gasteiger partial charge on any atom is 0.307 e. The Balaban J connectivity index is 2.63. The Labute approximate surface area is 114 Å². The second kappa shape index (κ2) is 8.15. The molecule has 19 heavy (non-hydrogen) atoms. The van der Waals surface area contributed by atoms with E-state index in [-0.39, 0.29) is 11.8 Å². The number of carboxylic acid groups (broad SMARTS) is 1. The molecule has 1 saturated carbocycles. The van der Waals surface area contributed by atoms with E-state index < -0.39 is 11.9 Å². The SMILES string of the molecule is CCOCCN(CC)C(=O)[C@@H]1CCCC[C@@H]1C(=O)O. The third-order valence-corrected chi connectivity index (χ3v) is 3.80. The fourth-order valence-electron chi connectivity index (χ4n) is 2.70. The second-order valence-electron chi connectivity index (χ2n) is 4.95. The van der Waals surface area contributed by atoms with Crippen molar-refractivity contribution in [2.45, 2.75) is 39.5 Å². The maximum absolute atomic E-state index is 12.4. The molecule has 1 rings (SSSR count).